The van der Waals surface area contributed by atoms with Crippen LogP contribution < -0.4 is 0 Å². The van der Waals surface area contributed by atoms with Crippen LogP contribution in [0, 0.1) is 0 Å². The zero-order valence-electron chi connectivity index (χ0n) is 5.49. The Kier molecular flexibility index (Phi) is 3.43. The second-order valence-electron chi connectivity index (χ2n) is 1.94. The molecule has 66 valence electrons. The molecule has 0 bridgehead atoms. The highest BCUT2D eigenvalue weighted by Gasteiger charge is 2.14. The molecule has 0 spiro atoms. The molecule has 6 heteroatoms. The summed E-state index contributed by atoms with van der Waals surface area (Å²) >= 11 is 11.5. The molecule has 0 amide bonds. The Bertz CT molecular complexity index is 306. The smallest absolute Gasteiger partial charge is 0.232 e. The first-order valence-electron chi connectivity index (χ1n) is 2.82. The van der Waals surface area contributed by atoms with Gasteiger partial charge in [-0.2, -0.15) is 0 Å². The molecule has 1 nitrogen and oxygen atoms in total. The number of halogens is 5. The Morgan fingerprint density at radius 3 is 2.42 bits per heavy atom. The summed E-state index contributed by atoms with van der Waals surface area (Å²) in [5.74, 6) is 0. The van der Waals surface area contributed by atoms with E-state index in [2.05, 4.69) is 36.8 Å². The van der Waals surface area contributed by atoms with E-state index in [1.54, 1.807) is 0 Å². The number of hydrogen-bond donors (Lipinski definition) is 0. The minimum Gasteiger partial charge on any atom is -0.232 e. The normalized spacial score (nSPS) is 10.8. The van der Waals surface area contributed by atoms with Crippen molar-refractivity contribution in [2.24, 2.45) is 0 Å². The highest BCUT2D eigenvalue weighted by Crippen LogP contribution is 2.31. The maximum absolute atomic E-state index is 12.2. The van der Waals surface area contributed by atoms with Crippen LogP contribution in [-0.4, -0.2) is 4.98 Å². The Hall–Kier alpha value is 0.260. The lowest BCUT2D eigenvalue weighted by Crippen LogP contribution is -1.90. The molecule has 0 N–H and O–H groups in total. The summed E-state index contributed by atoms with van der Waals surface area (Å²) in [6, 6.07) is 1.17. The molecule has 0 aromatic carbocycles. The van der Waals surface area contributed by atoms with Gasteiger partial charge in [-0.25, -0.2) is 13.8 Å². The minimum atomic E-state index is -2.57. The molecule has 0 aliphatic rings. The molecule has 1 aromatic rings. The van der Waals surface area contributed by atoms with E-state index in [1.807, 2.05) is 0 Å². The molecule has 0 radical (unpaired) electrons. The van der Waals surface area contributed by atoms with Gasteiger partial charge in [-0.15, -0.1) is 0 Å². The largest absolute Gasteiger partial charge is 0.266 e. The summed E-state index contributed by atoms with van der Waals surface area (Å²) in [4.78, 5) is 3.72. The zero-order valence-corrected chi connectivity index (χ0v) is 9.42. The van der Waals surface area contributed by atoms with Gasteiger partial charge in [0.25, 0.3) is 6.43 Å². The fourth-order valence-electron chi connectivity index (χ4n) is 0.613. The minimum absolute atomic E-state index is 0.105. The molecule has 12 heavy (non-hydrogen) atoms. The van der Waals surface area contributed by atoms with Gasteiger partial charge in [-0.05, 0) is 37.9 Å². The molecular formula is C6H2Br2ClF2N. The lowest BCUT2D eigenvalue weighted by molar-refractivity contribution is 0.150. The second-order valence-corrected chi connectivity index (χ2v) is 3.85. The van der Waals surface area contributed by atoms with E-state index in [4.69, 9.17) is 11.6 Å². The number of pyridine rings is 1. The third kappa shape index (κ3) is 2.14. The van der Waals surface area contributed by atoms with Crippen molar-refractivity contribution in [2.45, 2.75) is 6.43 Å². The first kappa shape index (κ1) is 10.3. The predicted molar refractivity (Wildman–Crippen MR) is 49.6 cm³/mol. The molecule has 0 atom stereocenters. The van der Waals surface area contributed by atoms with Gasteiger partial charge in [-0.1, -0.05) is 11.6 Å². The van der Waals surface area contributed by atoms with Gasteiger partial charge < -0.3 is 0 Å². The highest BCUT2D eigenvalue weighted by atomic mass is 79.9. The third-order valence-corrected chi connectivity index (χ3v) is 2.90. The van der Waals surface area contributed by atoms with Crippen LogP contribution in [0.15, 0.2) is 15.3 Å². The van der Waals surface area contributed by atoms with Gasteiger partial charge in [0.15, 0.2) is 0 Å². The number of alkyl halides is 2. The Labute approximate surface area is 89.4 Å². The van der Waals surface area contributed by atoms with Gasteiger partial charge in [0.05, 0.1) is 10.6 Å². The van der Waals surface area contributed by atoms with E-state index in [9.17, 15) is 8.78 Å². The molecule has 0 aliphatic carbocycles. The Morgan fingerprint density at radius 1 is 1.33 bits per heavy atom. The SMILES string of the molecule is FC(F)c1cc(Cl)c(Br)nc1Br. The van der Waals surface area contributed by atoms with Crippen molar-refractivity contribution >= 4 is 43.5 Å². The third-order valence-electron chi connectivity index (χ3n) is 1.15. The van der Waals surface area contributed by atoms with Crippen LogP contribution in [0.3, 0.4) is 0 Å². The summed E-state index contributed by atoms with van der Waals surface area (Å²) in [5, 5.41) is 0.175. The summed E-state index contributed by atoms with van der Waals surface area (Å²) < 4.78 is 24.8. The molecular weight excluding hydrogens is 319 g/mol. The summed E-state index contributed by atoms with van der Waals surface area (Å²) in [6.45, 7) is 0. The average Bonchev–Trinajstić information content (AvgIpc) is 1.96. The van der Waals surface area contributed by atoms with Crippen molar-refractivity contribution in [3.8, 4) is 0 Å². The quantitative estimate of drug-likeness (QED) is 0.707. The first-order valence-corrected chi connectivity index (χ1v) is 4.78. The topological polar surface area (TPSA) is 12.9 Å². The zero-order chi connectivity index (χ0) is 9.30. The molecule has 0 fully saturated rings. The molecule has 0 aliphatic heterocycles. The summed E-state index contributed by atoms with van der Waals surface area (Å²) in [6.07, 6.45) is -2.57. The van der Waals surface area contributed by atoms with E-state index in [-0.39, 0.29) is 15.2 Å². The van der Waals surface area contributed by atoms with Gasteiger partial charge in [-0.3, -0.25) is 0 Å². The van der Waals surface area contributed by atoms with Gasteiger partial charge in [0, 0.05) is 0 Å². The van der Waals surface area contributed by atoms with E-state index < -0.39 is 6.43 Å². The maximum atomic E-state index is 12.2. The fourth-order valence-corrected chi connectivity index (χ4v) is 1.77. The van der Waals surface area contributed by atoms with E-state index in [0.29, 0.717) is 4.60 Å². The van der Waals surface area contributed by atoms with E-state index in [0.717, 1.165) is 0 Å². The molecule has 1 rings (SSSR count). The van der Waals surface area contributed by atoms with Crippen molar-refractivity contribution < 1.29 is 8.78 Å². The Balaban J connectivity index is 3.23. The molecule has 1 aromatic heterocycles. The summed E-state index contributed by atoms with van der Waals surface area (Å²) in [7, 11) is 0. The van der Waals surface area contributed by atoms with Gasteiger partial charge in [0.2, 0.25) is 0 Å². The molecule has 0 saturated carbocycles. The summed E-state index contributed by atoms with van der Waals surface area (Å²) in [5.41, 5.74) is -0.205. The van der Waals surface area contributed by atoms with Gasteiger partial charge in [0.1, 0.15) is 9.21 Å². The number of hydrogen-bond acceptors (Lipinski definition) is 1. The van der Waals surface area contributed by atoms with Crippen LogP contribution in [0.25, 0.3) is 0 Å². The average molecular weight is 321 g/mol. The number of aromatic nitrogens is 1. The van der Waals surface area contributed by atoms with Crippen LogP contribution in [0.4, 0.5) is 8.78 Å². The number of rotatable bonds is 1. The van der Waals surface area contributed by atoms with Crippen molar-refractivity contribution in [1.29, 1.82) is 0 Å². The molecule has 0 saturated heterocycles. The lowest BCUT2D eigenvalue weighted by Gasteiger charge is -2.03. The fraction of sp³-hybridized carbons (Fsp3) is 0.167. The molecule has 0 unspecified atom stereocenters. The maximum Gasteiger partial charge on any atom is 0.266 e. The van der Waals surface area contributed by atoms with Crippen molar-refractivity contribution in [3.63, 3.8) is 0 Å². The lowest BCUT2D eigenvalue weighted by atomic mass is 10.3. The van der Waals surface area contributed by atoms with Crippen molar-refractivity contribution in [3.05, 3.63) is 25.9 Å². The van der Waals surface area contributed by atoms with Crippen LogP contribution >= 0.6 is 43.5 Å². The van der Waals surface area contributed by atoms with E-state index >= 15 is 0 Å². The first-order chi connectivity index (χ1) is 5.52. The second kappa shape index (κ2) is 3.98. The standard InChI is InChI=1S/C6H2Br2ClF2N/c7-4-2(6(10)11)1-3(9)5(8)12-4/h1,6H. The van der Waals surface area contributed by atoms with Crippen molar-refractivity contribution in [2.75, 3.05) is 0 Å². The van der Waals surface area contributed by atoms with E-state index in [1.165, 1.54) is 6.07 Å². The monoisotopic (exact) mass is 319 g/mol. The van der Waals surface area contributed by atoms with Crippen LogP contribution in [0.1, 0.15) is 12.0 Å². The van der Waals surface area contributed by atoms with Crippen LogP contribution in [0.5, 0.6) is 0 Å². The van der Waals surface area contributed by atoms with Crippen LogP contribution in [-0.2, 0) is 0 Å². The van der Waals surface area contributed by atoms with Gasteiger partial charge >= 0.3 is 0 Å². The predicted octanol–water partition coefficient (Wildman–Crippen LogP) is 4.20. The highest BCUT2D eigenvalue weighted by molar-refractivity contribution is 9.11. The Morgan fingerprint density at radius 2 is 1.92 bits per heavy atom. The number of nitrogens with zero attached hydrogens (tertiary/aromatic N) is 1. The molecule has 1 heterocycles. The van der Waals surface area contributed by atoms with Crippen LogP contribution in [0.2, 0.25) is 5.02 Å². The van der Waals surface area contributed by atoms with Crippen molar-refractivity contribution in [1.82, 2.24) is 4.98 Å².